The Morgan fingerprint density at radius 3 is 2.76 bits per heavy atom. The van der Waals surface area contributed by atoms with Crippen LogP contribution in [0.4, 0.5) is 0 Å². The van der Waals surface area contributed by atoms with Crippen LogP contribution >= 0.6 is 0 Å². The molecule has 1 atom stereocenters. The topological polar surface area (TPSA) is 88.3 Å². The van der Waals surface area contributed by atoms with E-state index in [0.717, 1.165) is 12.8 Å². The summed E-state index contributed by atoms with van der Waals surface area (Å²) in [6, 6.07) is 8.71. The molecule has 1 saturated heterocycles. The van der Waals surface area contributed by atoms with Gasteiger partial charge in [0.25, 0.3) is 5.91 Å². The second-order valence-electron chi connectivity index (χ2n) is 5.72. The molecule has 0 saturated carbocycles. The largest absolute Gasteiger partial charge is 0.480 e. The molecule has 1 amide bonds. The zero-order valence-electron chi connectivity index (χ0n) is 13.9. The van der Waals surface area contributed by atoms with Gasteiger partial charge in [0.15, 0.2) is 0 Å². The number of benzene rings is 1. The summed E-state index contributed by atoms with van der Waals surface area (Å²) < 4.78 is 10.9. The Morgan fingerprint density at radius 2 is 2.04 bits per heavy atom. The van der Waals surface area contributed by atoms with Crippen molar-refractivity contribution in [1.29, 1.82) is 5.26 Å². The molecule has 0 aliphatic carbocycles. The van der Waals surface area contributed by atoms with Gasteiger partial charge in [0.1, 0.15) is 6.10 Å². The van der Waals surface area contributed by atoms with E-state index in [-0.39, 0.29) is 12.0 Å². The number of hydrogen-bond acceptors (Lipinski definition) is 6. The van der Waals surface area contributed by atoms with E-state index in [1.165, 1.54) is 19.5 Å². The van der Waals surface area contributed by atoms with Crippen molar-refractivity contribution in [3.63, 3.8) is 0 Å². The molecule has 1 unspecified atom stereocenters. The first-order chi connectivity index (χ1) is 12.2. The summed E-state index contributed by atoms with van der Waals surface area (Å²) in [5.74, 6) is 0.713. The lowest BCUT2D eigenvalue weighted by Gasteiger charge is -2.32. The number of amides is 1. The highest BCUT2D eigenvalue weighted by Crippen LogP contribution is 2.19. The van der Waals surface area contributed by atoms with Crippen LogP contribution in [0, 0.1) is 11.3 Å². The van der Waals surface area contributed by atoms with Crippen molar-refractivity contribution in [3.8, 4) is 17.8 Å². The maximum absolute atomic E-state index is 12.6. The number of nitrogens with zero attached hydrogens (tertiary/aromatic N) is 4. The molecular formula is C18H18N4O3. The summed E-state index contributed by atoms with van der Waals surface area (Å²) in [5.41, 5.74) is 1.11. The molecule has 0 bridgehead atoms. The minimum Gasteiger partial charge on any atom is -0.480 e. The number of methoxy groups -OCH3 is 1. The van der Waals surface area contributed by atoms with Crippen molar-refractivity contribution < 1.29 is 14.3 Å². The molecule has 3 rings (SSSR count). The highest BCUT2D eigenvalue weighted by molar-refractivity contribution is 5.94. The highest BCUT2D eigenvalue weighted by atomic mass is 16.5. The summed E-state index contributed by atoms with van der Waals surface area (Å²) in [6.45, 7) is 1.17. The fraction of sp³-hybridized carbons (Fsp3) is 0.333. The highest BCUT2D eigenvalue weighted by Gasteiger charge is 2.26. The Bertz CT molecular complexity index is 786. The molecule has 25 heavy (non-hydrogen) atoms. The van der Waals surface area contributed by atoms with Crippen molar-refractivity contribution in [2.45, 2.75) is 18.9 Å². The van der Waals surface area contributed by atoms with Crippen LogP contribution in [0.3, 0.4) is 0 Å². The molecule has 0 N–H and O–H groups in total. The minimum atomic E-state index is -0.141. The Balaban J connectivity index is 1.65. The van der Waals surface area contributed by atoms with Gasteiger partial charge in [-0.15, -0.1) is 0 Å². The molecule has 7 heteroatoms. The zero-order valence-corrected chi connectivity index (χ0v) is 13.9. The number of likely N-dealkylation sites (tertiary alicyclic amines) is 1. The van der Waals surface area contributed by atoms with E-state index in [2.05, 4.69) is 9.97 Å². The van der Waals surface area contributed by atoms with Crippen molar-refractivity contribution in [2.24, 2.45) is 0 Å². The number of rotatable bonds is 4. The molecule has 1 fully saturated rings. The number of carbonyl (C=O) groups excluding carboxylic acids is 1. The van der Waals surface area contributed by atoms with Crippen molar-refractivity contribution in [3.05, 3.63) is 47.8 Å². The third-order valence-electron chi connectivity index (χ3n) is 4.01. The van der Waals surface area contributed by atoms with Crippen molar-refractivity contribution in [2.75, 3.05) is 20.2 Å². The smallest absolute Gasteiger partial charge is 0.253 e. The van der Waals surface area contributed by atoms with Gasteiger partial charge in [-0.25, -0.2) is 0 Å². The summed E-state index contributed by atoms with van der Waals surface area (Å²) in [5, 5.41) is 8.85. The molecule has 1 aromatic carbocycles. The second kappa shape index (κ2) is 7.62. The molecule has 1 aliphatic heterocycles. The minimum absolute atomic E-state index is 0.0606. The van der Waals surface area contributed by atoms with E-state index in [9.17, 15) is 4.79 Å². The summed E-state index contributed by atoms with van der Waals surface area (Å²) >= 11 is 0. The van der Waals surface area contributed by atoms with Crippen LogP contribution < -0.4 is 9.47 Å². The number of aromatic nitrogens is 2. The van der Waals surface area contributed by atoms with Gasteiger partial charge in [-0.1, -0.05) is 0 Å². The third kappa shape index (κ3) is 4.04. The third-order valence-corrected chi connectivity index (χ3v) is 4.01. The fourth-order valence-corrected chi connectivity index (χ4v) is 2.75. The van der Waals surface area contributed by atoms with Crippen LogP contribution in [-0.2, 0) is 0 Å². The van der Waals surface area contributed by atoms with Crippen LogP contribution in [0.1, 0.15) is 28.8 Å². The van der Waals surface area contributed by atoms with Gasteiger partial charge in [-0.05, 0) is 37.1 Å². The van der Waals surface area contributed by atoms with E-state index in [0.29, 0.717) is 36.0 Å². The predicted octanol–water partition coefficient (Wildman–Crippen LogP) is 2.04. The Kier molecular flexibility index (Phi) is 5.09. The van der Waals surface area contributed by atoms with E-state index in [1.807, 2.05) is 6.07 Å². The number of carbonyl (C=O) groups is 1. The first-order valence-electron chi connectivity index (χ1n) is 8.01. The maximum atomic E-state index is 12.6. The standard InChI is InChI=1S/C18H18N4O3/c1-24-16-10-20-11-17(21-16)25-15-3-2-8-22(12-15)18(23)14-6-4-13(9-19)5-7-14/h4-7,10-11,15H,2-3,8,12H2,1H3. The first kappa shape index (κ1) is 16.7. The lowest BCUT2D eigenvalue weighted by molar-refractivity contribution is 0.0525. The van der Waals surface area contributed by atoms with Crippen LogP contribution in [0.25, 0.3) is 0 Å². The van der Waals surface area contributed by atoms with Crippen LogP contribution in [0.2, 0.25) is 0 Å². The molecule has 1 aromatic heterocycles. The predicted molar refractivity (Wildman–Crippen MR) is 89.3 cm³/mol. The number of piperidine rings is 1. The van der Waals surface area contributed by atoms with Gasteiger partial charge in [0, 0.05) is 12.1 Å². The quantitative estimate of drug-likeness (QED) is 0.847. The maximum Gasteiger partial charge on any atom is 0.253 e. The molecule has 128 valence electrons. The van der Waals surface area contributed by atoms with Gasteiger partial charge >= 0.3 is 0 Å². The van der Waals surface area contributed by atoms with E-state index < -0.39 is 0 Å². The summed E-state index contributed by atoms with van der Waals surface area (Å²) in [4.78, 5) is 22.6. The average molecular weight is 338 g/mol. The SMILES string of the molecule is COc1cncc(OC2CCCN(C(=O)c3ccc(C#N)cc3)C2)n1. The molecule has 0 radical (unpaired) electrons. The molecular weight excluding hydrogens is 320 g/mol. The van der Waals surface area contributed by atoms with Crippen LogP contribution in [0.5, 0.6) is 11.8 Å². The van der Waals surface area contributed by atoms with E-state index in [4.69, 9.17) is 14.7 Å². The molecule has 1 aliphatic rings. The molecule has 7 nitrogen and oxygen atoms in total. The Morgan fingerprint density at radius 1 is 1.28 bits per heavy atom. The Labute approximate surface area is 145 Å². The van der Waals surface area contributed by atoms with Crippen LogP contribution in [-0.4, -0.2) is 47.1 Å². The van der Waals surface area contributed by atoms with Gasteiger partial charge in [0.05, 0.1) is 37.7 Å². The monoisotopic (exact) mass is 338 g/mol. The zero-order chi connectivity index (χ0) is 17.6. The summed E-state index contributed by atoms with van der Waals surface area (Å²) in [6.07, 6.45) is 4.59. The second-order valence-corrected chi connectivity index (χ2v) is 5.72. The normalized spacial score (nSPS) is 16.8. The van der Waals surface area contributed by atoms with E-state index >= 15 is 0 Å². The number of ether oxygens (including phenoxy) is 2. The molecule has 0 spiro atoms. The number of hydrogen-bond donors (Lipinski definition) is 0. The lowest BCUT2D eigenvalue weighted by atomic mass is 10.1. The average Bonchev–Trinajstić information content (AvgIpc) is 2.68. The number of nitriles is 1. The van der Waals surface area contributed by atoms with E-state index in [1.54, 1.807) is 29.2 Å². The van der Waals surface area contributed by atoms with Gasteiger partial charge in [0.2, 0.25) is 11.8 Å². The van der Waals surface area contributed by atoms with Gasteiger partial charge < -0.3 is 14.4 Å². The summed E-state index contributed by atoms with van der Waals surface area (Å²) in [7, 11) is 1.52. The van der Waals surface area contributed by atoms with Gasteiger partial charge in [-0.2, -0.15) is 10.2 Å². The molecule has 2 heterocycles. The van der Waals surface area contributed by atoms with Gasteiger partial charge in [-0.3, -0.25) is 9.78 Å². The molecule has 2 aromatic rings. The van der Waals surface area contributed by atoms with Crippen molar-refractivity contribution >= 4 is 5.91 Å². The fourth-order valence-electron chi connectivity index (χ4n) is 2.75. The van der Waals surface area contributed by atoms with Crippen LogP contribution in [0.15, 0.2) is 36.7 Å². The first-order valence-corrected chi connectivity index (χ1v) is 8.01. The Hall–Kier alpha value is -3.14. The lowest BCUT2D eigenvalue weighted by Crippen LogP contribution is -2.44. The van der Waals surface area contributed by atoms with Crippen molar-refractivity contribution in [1.82, 2.24) is 14.9 Å².